The number of aliphatic hydroxyl groups is 1. The van der Waals surface area contributed by atoms with Crippen LogP contribution < -0.4 is 4.74 Å². The van der Waals surface area contributed by atoms with Crippen LogP contribution in [0.3, 0.4) is 0 Å². The summed E-state index contributed by atoms with van der Waals surface area (Å²) in [6, 6.07) is 16.1. The Kier molecular flexibility index (Phi) is 4.20. The first kappa shape index (κ1) is 14.3. The Morgan fingerprint density at radius 1 is 1.00 bits per heavy atom. The summed E-state index contributed by atoms with van der Waals surface area (Å²) in [5.74, 6) is 0.622. The van der Waals surface area contributed by atoms with Crippen molar-refractivity contribution in [3.8, 4) is 5.75 Å². The van der Waals surface area contributed by atoms with Gasteiger partial charge in [-0.25, -0.2) is 0 Å². The smallest absolute Gasteiger partial charge is 0.193 e. The predicted octanol–water partition coefficient (Wildman–Crippen LogP) is 3.07. The average molecular weight is 270 g/mol. The maximum atomic E-state index is 12.2. The Hall–Kier alpha value is -2.13. The van der Waals surface area contributed by atoms with Gasteiger partial charge in [-0.15, -0.1) is 0 Å². The van der Waals surface area contributed by atoms with E-state index in [1.165, 1.54) is 0 Å². The van der Waals surface area contributed by atoms with Gasteiger partial charge in [-0.1, -0.05) is 30.3 Å². The van der Waals surface area contributed by atoms with Gasteiger partial charge in [0.05, 0.1) is 5.60 Å². The molecule has 0 aliphatic carbocycles. The van der Waals surface area contributed by atoms with E-state index in [9.17, 15) is 9.90 Å². The highest BCUT2D eigenvalue weighted by molar-refractivity contribution is 6.08. The van der Waals surface area contributed by atoms with Gasteiger partial charge in [-0.2, -0.15) is 0 Å². The second-order valence-corrected chi connectivity index (χ2v) is 5.32. The molecule has 2 aromatic rings. The quantitative estimate of drug-likeness (QED) is 0.849. The Bertz CT molecular complexity index is 565. The lowest BCUT2D eigenvalue weighted by Crippen LogP contribution is -2.27. The van der Waals surface area contributed by atoms with Crippen molar-refractivity contribution in [3.05, 3.63) is 65.7 Å². The SMILES string of the molecule is CC(C)(O)COc1ccc(C(=O)c2ccccc2)cc1. The Morgan fingerprint density at radius 3 is 2.10 bits per heavy atom. The van der Waals surface area contributed by atoms with Gasteiger partial charge in [0, 0.05) is 11.1 Å². The van der Waals surface area contributed by atoms with Crippen molar-refractivity contribution in [3.63, 3.8) is 0 Å². The summed E-state index contributed by atoms with van der Waals surface area (Å²) >= 11 is 0. The molecule has 0 fully saturated rings. The van der Waals surface area contributed by atoms with Gasteiger partial charge >= 0.3 is 0 Å². The fraction of sp³-hybridized carbons (Fsp3) is 0.235. The zero-order valence-electron chi connectivity index (χ0n) is 11.7. The van der Waals surface area contributed by atoms with Crippen LogP contribution in [0.5, 0.6) is 5.75 Å². The number of hydrogen-bond donors (Lipinski definition) is 1. The molecule has 0 atom stereocenters. The Balaban J connectivity index is 2.07. The molecule has 1 N–H and O–H groups in total. The number of carbonyl (C=O) groups is 1. The van der Waals surface area contributed by atoms with E-state index >= 15 is 0 Å². The van der Waals surface area contributed by atoms with Gasteiger partial charge in [0.1, 0.15) is 12.4 Å². The molecule has 0 spiro atoms. The Labute approximate surface area is 118 Å². The van der Waals surface area contributed by atoms with Crippen LogP contribution >= 0.6 is 0 Å². The number of hydrogen-bond acceptors (Lipinski definition) is 3. The van der Waals surface area contributed by atoms with E-state index in [2.05, 4.69) is 0 Å². The fourth-order valence-electron chi connectivity index (χ4n) is 1.72. The molecule has 0 heterocycles. The summed E-state index contributed by atoms with van der Waals surface area (Å²) in [7, 11) is 0. The molecule has 2 aromatic carbocycles. The summed E-state index contributed by atoms with van der Waals surface area (Å²) in [4.78, 5) is 12.2. The maximum Gasteiger partial charge on any atom is 0.193 e. The number of benzene rings is 2. The third-order valence-corrected chi connectivity index (χ3v) is 2.74. The first-order valence-electron chi connectivity index (χ1n) is 6.51. The first-order valence-corrected chi connectivity index (χ1v) is 6.51. The third-order valence-electron chi connectivity index (χ3n) is 2.74. The molecule has 0 aromatic heterocycles. The highest BCUT2D eigenvalue weighted by atomic mass is 16.5. The fourth-order valence-corrected chi connectivity index (χ4v) is 1.72. The molecule has 0 radical (unpaired) electrons. The molecule has 104 valence electrons. The van der Waals surface area contributed by atoms with E-state index < -0.39 is 5.60 Å². The van der Waals surface area contributed by atoms with E-state index in [0.717, 1.165) is 0 Å². The molecule has 0 amide bonds. The number of ether oxygens (including phenoxy) is 1. The van der Waals surface area contributed by atoms with Crippen molar-refractivity contribution in [2.75, 3.05) is 6.61 Å². The second kappa shape index (κ2) is 5.88. The largest absolute Gasteiger partial charge is 0.491 e. The summed E-state index contributed by atoms with van der Waals surface area (Å²) < 4.78 is 5.45. The normalized spacial score (nSPS) is 11.2. The lowest BCUT2D eigenvalue weighted by atomic mass is 10.0. The monoisotopic (exact) mass is 270 g/mol. The van der Waals surface area contributed by atoms with Crippen molar-refractivity contribution in [1.29, 1.82) is 0 Å². The highest BCUT2D eigenvalue weighted by Crippen LogP contribution is 2.16. The number of carbonyl (C=O) groups excluding carboxylic acids is 1. The van der Waals surface area contributed by atoms with Crippen LogP contribution in [0.2, 0.25) is 0 Å². The van der Waals surface area contributed by atoms with Crippen LogP contribution in [0.25, 0.3) is 0 Å². The molecule has 0 unspecified atom stereocenters. The molecule has 0 aliphatic rings. The minimum Gasteiger partial charge on any atom is -0.491 e. The van der Waals surface area contributed by atoms with E-state index in [0.29, 0.717) is 16.9 Å². The summed E-state index contributed by atoms with van der Waals surface area (Å²) in [5, 5.41) is 9.59. The molecule has 20 heavy (non-hydrogen) atoms. The maximum absolute atomic E-state index is 12.2. The average Bonchev–Trinajstić information content (AvgIpc) is 2.45. The van der Waals surface area contributed by atoms with Gasteiger partial charge in [-0.3, -0.25) is 4.79 Å². The van der Waals surface area contributed by atoms with Crippen molar-refractivity contribution in [2.24, 2.45) is 0 Å². The van der Waals surface area contributed by atoms with Crippen LogP contribution in [-0.4, -0.2) is 23.1 Å². The van der Waals surface area contributed by atoms with E-state index in [4.69, 9.17) is 4.74 Å². The molecule has 3 nitrogen and oxygen atoms in total. The minimum atomic E-state index is -0.876. The van der Waals surface area contributed by atoms with Gasteiger partial charge in [0.2, 0.25) is 0 Å². The van der Waals surface area contributed by atoms with Gasteiger partial charge in [0.15, 0.2) is 5.78 Å². The predicted molar refractivity (Wildman–Crippen MR) is 78.1 cm³/mol. The molecular weight excluding hydrogens is 252 g/mol. The topological polar surface area (TPSA) is 46.5 Å². The highest BCUT2D eigenvalue weighted by Gasteiger charge is 2.13. The zero-order valence-corrected chi connectivity index (χ0v) is 11.7. The van der Waals surface area contributed by atoms with Crippen molar-refractivity contribution >= 4 is 5.78 Å². The van der Waals surface area contributed by atoms with Crippen LogP contribution in [-0.2, 0) is 0 Å². The number of ketones is 1. The lowest BCUT2D eigenvalue weighted by molar-refractivity contribution is 0.0285. The molecular formula is C17H18O3. The van der Waals surface area contributed by atoms with Crippen molar-refractivity contribution in [2.45, 2.75) is 19.4 Å². The molecule has 0 aliphatic heterocycles. The summed E-state index contributed by atoms with van der Waals surface area (Å²) in [6.07, 6.45) is 0. The molecule has 2 rings (SSSR count). The van der Waals surface area contributed by atoms with E-state index in [1.54, 1.807) is 50.2 Å². The minimum absolute atomic E-state index is 0.0142. The second-order valence-electron chi connectivity index (χ2n) is 5.32. The van der Waals surface area contributed by atoms with E-state index in [-0.39, 0.29) is 12.4 Å². The molecule has 0 saturated carbocycles. The molecule has 0 saturated heterocycles. The van der Waals surface area contributed by atoms with Crippen LogP contribution in [0.1, 0.15) is 29.8 Å². The molecule has 0 bridgehead atoms. The standard InChI is InChI=1S/C17H18O3/c1-17(2,19)12-20-15-10-8-14(9-11-15)16(18)13-6-4-3-5-7-13/h3-11,19H,12H2,1-2H3. The van der Waals surface area contributed by atoms with E-state index in [1.807, 2.05) is 18.2 Å². The van der Waals surface area contributed by atoms with Gasteiger partial charge in [-0.05, 0) is 38.1 Å². The van der Waals surface area contributed by atoms with Crippen LogP contribution in [0.15, 0.2) is 54.6 Å². The summed E-state index contributed by atoms with van der Waals surface area (Å²) in [5.41, 5.74) is 0.405. The first-order chi connectivity index (χ1) is 9.46. The third kappa shape index (κ3) is 3.93. The molecule has 3 heteroatoms. The van der Waals surface area contributed by atoms with Crippen LogP contribution in [0, 0.1) is 0 Å². The lowest BCUT2D eigenvalue weighted by Gasteiger charge is -2.17. The zero-order chi connectivity index (χ0) is 14.6. The van der Waals surface area contributed by atoms with Gasteiger partial charge < -0.3 is 9.84 Å². The van der Waals surface area contributed by atoms with Crippen LogP contribution in [0.4, 0.5) is 0 Å². The van der Waals surface area contributed by atoms with Gasteiger partial charge in [0.25, 0.3) is 0 Å². The van der Waals surface area contributed by atoms with Crippen molar-refractivity contribution < 1.29 is 14.6 Å². The Morgan fingerprint density at radius 2 is 1.55 bits per heavy atom. The van der Waals surface area contributed by atoms with Crippen molar-refractivity contribution in [1.82, 2.24) is 0 Å². The number of rotatable bonds is 5. The summed E-state index contributed by atoms with van der Waals surface area (Å²) in [6.45, 7) is 3.57.